The van der Waals surface area contributed by atoms with E-state index >= 15 is 4.39 Å². The van der Waals surface area contributed by atoms with Crippen molar-refractivity contribution in [1.82, 2.24) is 9.13 Å². The molecule has 6 rings (SSSR count). The molecule has 0 spiro atoms. The highest BCUT2D eigenvalue weighted by atomic mass is 19.1. The first kappa shape index (κ1) is 21.6. The number of carbonyl (C=O) groups is 1. The number of benzene rings is 2. The van der Waals surface area contributed by atoms with E-state index in [0.29, 0.717) is 12.1 Å². The number of hydrogen-bond donors (Lipinski definition) is 1. The average Bonchev–Trinajstić information content (AvgIpc) is 3.69. The lowest BCUT2D eigenvalue weighted by Gasteiger charge is -2.25. The normalized spacial score (nSPS) is 16.7. The lowest BCUT2D eigenvalue weighted by molar-refractivity contribution is 0.0694. The molecule has 0 amide bonds. The molecule has 178 valence electrons. The zero-order chi connectivity index (χ0) is 24.8. The highest BCUT2D eigenvalue weighted by Crippen LogP contribution is 2.51. The first-order valence-electron chi connectivity index (χ1n) is 10.9. The van der Waals surface area contributed by atoms with Crippen LogP contribution in [0.3, 0.4) is 0 Å². The van der Waals surface area contributed by atoms with Crippen molar-refractivity contribution in [3.05, 3.63) is 91.5 Å². The van der Waals surface area contributed by atoms with E-state index < -0.39 is 56.6 Å². The van der Waals surface area contributed by atoms with Crippen LogP contribution in [-0.4, -0.2) is 20.2 Å². The highest BCUT2D eigenvalue weighted by molar-refractivity contribution is 5.93. The summed E-state index contributed by atoms with van der Waals surface area (Å²) in [6.45, 7) is 0. The lowest BCUT2D eigenvalue weighted by Crippen LogP contribution is -2.31. The topological polar surface area (TPSA) is 81.3 Å². The molecule has 2 heterocycles. The van der Waals surface area contributed by atoms with E-state index in [9.17, 15) is 32.7 Å². The fourth-order valence-corrected chi connectivity index (χ4v) is 5.01. The molecule has 2 aromatic carbocycles. The summed E-state index contributed by atoms with van der Waals surface area (Å²) in [4.78, 5) is 38.0. The summed E-state index contributed by atoms with van der Waals surface area (Å²) in [5, 5.41) is 8.91. The van der Waals surface area contributed by atoms with E-state index in [2.05, 4.69) is 0 Å². The van der Waals surface area contributed by atoms with Gasteiger partial charge in [0, 0.05) is 36.1 Å². The van der Waals surface area contributed by atoms with E-state index in [1.54, 1.807) is 4.57 Å². The number of hydrogen-bond acceptors (Lipinski definition) is 3. The van der Waals surface area contributed by atoms with Gasteiger partial charge in [0.1, 0.15) is 17.2 Å². The molecular formula is C25H16F4N2O4. The van der Waals surface area contributed by atoms with E-state index in [0.717, 1.165) is 31.2 Å². The average molecular weight is 484 g/mol. The minimum absolute atomic E-state index is 0.0392. The zero-order valence-electron chi connectivity index (χ0n) is 17.9. The maximum absolute atomic E-state index is 15.0. The quantitative estimate of drug-likeness (QED) is 0.435. The van der Waals surface area contributed by atoms with Crippen LogP contribution in [0.1, 0.15) is 47.6 Å². The molecule has 6 nitrogen and oxygen atoms in total. The standard InChI is InChI=1S/C25H16F4N2O4/c26-11-5-14-20(18(28)7-11)30(13-1-2-13)10-17(23(14)33)25(3-4-25)31-9-16(24(34)35)22(32)15-6-12(27)8-19(29)21(15)31/h5-10,13H,1-4H2,(H,34,35). The van der Waals surface area contributed by atoms with Crippen LogP contribution in [0.4, 0.5) is 17.6 Å². The number of rotatable bonds is 4. The van der Waals surface area contributed by atoms with Gasteiger partial charge in [-0.25, -0.2) is 22.4 Å². The van der Waals surface area contributed by atoms with E-state index in [1.807, 2.05) is 0 Å². The number of aromatic carboxylic acids is 1. The Morgan fingerprint density at radius 1 is 0.857 bits per heavy atom. The number of pyridine rings is 2. The second kappa shape index (κ2) is 7.03. The van der Waals surface area contributed by atoms with Crippen LogP contribution < -0.4 is 10.9 Å². The number of carboxylic acids is 1. The molecule has 0 aliphatic heterocycles. The molecule has 0 unspecified atom stereocenters. The van der Waals surface area contributed by atoms with Gasteiger partial charge in [-0.05, 0) is 37.8 Å². The van der Waals surface area contributed by atoms with Crippen LogP contribution in [0, 0.1) is 23.3 Å². The first-order chi connectivity index (χ1) is 16.6. The molecule has 4 aromatic rings. The molecule has 2 aliphatic carbocycles. The summed E-state index contributed by atoms with van der Waals surface area (Å²) in [5.74, 6) is -5.56. The fraction of sp³-hybridized carbons (Fsp3) is 0.240. The maximum Gasteiger partial charge on any atom is 0.341 e. The van der Waals surface area contributed by atoms with Crippen molar-refractivity contribution in [2.75, 3.05) is 0 Å². The predicted octanol–water partition coefficient (Wildman–Crippen LogP) is 4.44. The van der Waals surface area contributed by atoms with Gasteiger partial charge in [-0.1, -0.05) is 0 Å². The summed E-state index contributed by atoms with van der Waals surface area (Å²) < 4.78 is 60.6. The number of fused-ring (bicyclic) bond motifs is 2. The molecule has 35 heavy (non-hydrogen) atoms. The van der Waals surface area contributed by atoms with E-state index in [-0.39, 0.29) is 40.9 Å². The Balaban J connectivity index is 1.73. The fourth-order valence-electron chi connectivity index (χ4n) is 5.01. The van der Waals surface area contributed by atoms with E-state index in [4.69, 9.17) is 0 Å². The summed E-state index contributed by atoms with van der Waals surface area (Å²) in [6.07, 6.45) is 4.40. The maximum atomic E-state index is 15.0. The monoisotopic (exact) mass is 484 g/mol. The van der Waals surface area contributed by atoms with Gasteiger partial charge in [0.15, 0.2) is 17.1 Å². The summed E-state index contributed by atoms with van der Waals surface area (Å²) in [6, 6.07) is 2.86. The molecule has 2 fully saturated rings. The van der Waals surface area contributed by atoms with E-state index in [1.165, 1.54) is 10.8 Å². The van der Waals surface area contributed by atoms with Gasteiger partial charge in [0.25, 0.3) is 0 Å². The second-order valence-corrected chi connectivity index (χ2v) is 9.16. The second-order valence-electron chi connectivity index (χ2n) is 9.16. The van der Waals surface area contributed by atoms with Gasteiger partial charge in [0.2, 0.25) is 5.43 Å². The third-order valence-corrected chi connectivity index (χ3v) is 6.92. The van der Waals surface area contributed by atoms with Crippen molar-refractivity contribution in [1.29, 1.82) is 0 Å². The lowest BCUT2D eigenvalue weighted by atomic mass is 10.00. The van der Waals surface area contributed by atoms with Crippen molar-refractivity contribution in [2.45, 2.75) is 37.3 Å². The minimum Gasteiger partial charge on any atom is -0.477 e. The Morgan fingerprint density at radius 3 is 1.97 bits per heavy atom. The van der Waals surface area contributed by atoms with Crippen molar-refractivity contribution in [2.24, 2.45) is 0 Å². The van der Waals surface area contributed by atoms with Crippen molar-refractivity contribution >= 4 is 27.8 Å². The molecular weight excluding hydrogens is 468 g/mol. The Hall–Kier alpha value is -3.95. The number of halogens is 4. The first-order valence-corrected chi connectivity index (χ1v) is 10.9. The minimum atomic E-state index is -1.59. The molecule has 0 saturated heterocycles. The van der Waals surface area contributed by atoms with Gasteiger partial charge in [-0.3, -0.25) is 9.59 Å². The van der Waals surface area contributed by atoms with Crippen molar-refractivity contribution in [3.8, 4) is 0 Å². The molecule has 10 heteroatoms. The third-order valence-electron chi connectivity index (χ3n) is 6.92. The number of nitrogens with zero attached hydrogens (tertiary/aromatic N) is 2. The molecule has 0 atom stereocenters. The summed E-state index contributed by atoms with van der Waals surface area (Å²) >= 11 is 0. The smallest absolute Gasteiger partial charge is 0.341 e. The SMILES string of the molecule is O=C(O)c1cn(C2(c3cn(C4CC4)c4c(F)cc(F)cc4c3=O)CC2)c2c(F)cc(F)cc2c1=O. The van der Waals surface area contributed by atoms with Crippen LogP contribution in [0.25, 0.3) is 21.8 Å². The van der Waals surface area contributed by atoms with Crippen LogP contribution in [0.5, 0.6) is 0 Å². The Bertz CT molecular complexity index is 1730. The molecule has 0 radical (unpaired) electrons. The van der Waals surface area contributed by atoms with Crippen LogP contribution in [0.2, 0.25) is 0 Å². The Morgan fingerprint density at radius 2 is 1.43 bits per heavy atom. The number of carboxylic acid groups (broad SMARTS) is 1. The van der Waals surface area contributed by atoms with Crippen LogP contribution in [-0.2, 0) is 5.54 Å². The summed E-state index contributed by atoms with van der Waals surface area (Å²) in [5.41, 5.74) is -4.03. The van der Waals surface area contributed by atoms with Crippen molar-refractivity contribution in [3.63, 3.8) is 0 Å². The Kier molecular flexibility index (Phi) is 4.33. The van der Waals surface area contributed by atoms with Crippen molar-refractivity contribution < 1.29 is 27.5 Å². The van der Waals surface area contributed by atoms with Gasteiger partial charge in [-0.2, -0.15) is 0 Å². The van der Waals surface area contributed by atoms with Gasteiger partial charge in [-0.15, -0.1) is 0 Å². The molecule has 0 bridgehead atoms. The van der Waals surface area contributed by atoms with Crippen LogP contribution in [0.15, 0.2) is 46.2 Å². The molecule has 1 N–H and O–H groups in total. The van der Waals surface area contributed by atoms with Gasteiger partial charge >= 0.3 is 5.97 Å². The van der Waals surface area contributed by atoms with Crippen LogP contribution >= 0.6 is 0 Å². The predicted molar refractivity (Wildman–Crippen MR) is 118 cm³/mol. The van der Waals surface area contributed by atoms with Gasteiger partial charge < -0.3 is 14.2 Å². The third kappa shape index (κ3) is 3.05. The number of aromatic nitrogens is 2. The Labute approximate surface area is 193 Å². The highest BCUT2D eigenvalue weighted by Gasteiger charge is 2.50. The summed E-state index contributed by atoms with van der Waals surface area (Å²) in [7, 11) is 0. The molecule has 2 aromatic heterocycles. The van der Waals surface area contributed by atoms with Gasteiger partial charge in [0.05, 0.1) is 27.3 Å². The largest absolute Gasteiger partial charge is 0.477 e. The molecule has 2 aliphatic rings. The molecule has 2 saturated carbocycles. The zero-order valence-corrected chi connectivity index (χ0v) is 17.9.